The van der Waals surface area contributed by atoms with Gasteiger partial charge in [0, 0.05) is 20.0 Å². The van der Waals surface area contributed by atoms with E-state index in [4.69, 9.17) is 9.47 Å². The number of ketones is 1. The topological polar surface area (TPSA) is 52.6 Å². The molecule has 0 aromatic rings. The largest absolute Gasteiger partial charge is 0.465 e. The molecule has 0 fully saturated rings. The maximum Gasteiger partial charge on any atom is 0.316 e. The summed E-state index contributed by atoms with van der Waals surface area (Å²) in [6, 6.07) is 0. The normalized spacial score (nSPS) is 14.4. The Labute approximate surface area is 90.9 Å². The van der Waals surface area contributed by atoms with Gasteiger partial charge in [-0.1, -0.05) is 6.92 Å². The fourth-order valence-electron chi connectivity index (χ4n) is 1.01. The number of esters is 1. The van der Waals surface area contributed by atoms with Crippen molar-refractivity contribution in [2.45, 2.75) is 39.7 Å². The molecule has 88 valence electrons. The van der Waals surface area contributed by atoms with Gasteiger partial charge in [-0.2, -0.15) is 0 Å². The van der Waals surface area contributed by atoms with E-state index in [1.165, 1.54) is 0 Å². The molecule has 0 aromatic carbocycles. The highest BCUT2D eigenvalue weighted by Crippen LogP contribution is 2.04. The number of methoxy groups -OCH3 is 1. The lowest BCUT2D eigenvalue weighted by Gasteiger charge is -2.12. The Hall–Kier alpha value is -0.900. The second-order valence-corrected chi connectivity index (χ2v) is 3.54. The average Bonchev–Trinajstić information content (AvgIpc) is 2.26. The van der Waals surface area contributed by atoms with Gasteiger partial charge in [-0.25, -0.2) is 0 Å². The van der Waals surface area contributed by atoms with Crippen LogP contribution in [0, 0.1) is 5.92 Å². The quantitative estimate of drug-likeness (QED) is 0.479. The minimum absolute atomic E-state index is 0.0648. The summed E-state index contributed by atoms with van der Waals surface area (Å²) in [5.41, 5.74) is 0. The summed E-state index contributed by atoms with van der Waals surface area (Å²) < 4.78 is 9.96. The highest BCUT2D eigenvalue weighted by atomic mass is 16.5. The van der Waals surface area contributed by atoms with Crippen molar-refractivity contribution in [1.82, 2.24) is 0 Å². The molecule has 0 aliphatic heterocycles. The minimum atomic E-state index is -0.646. The van der Waals surface area contributed by atoms with Gasteiger partial charge in [0.15, 0.2) is 0 Å². The van der Waals surface area contributed by atoms with Crippen LogP contribution in [0.1, 0.15) is 33.6 Å². The molecule has 0 aliphatic carbocycles. The first kappa shape index (κ1) is 14.1. The van der Waals surface area contributed by atoms with Gasteiger partial charge in [0.1, 0.15) is 11.7 Å². The third-order valence-corrected chi connectivity index (χ3v) is 2.36. The summed E-state index contributed by atoms with van der Waals surface area (Å²) >= 11 is 0. The number of rotatable bonds is 7. The van der Waals surface area contributed by atoms with Crippen LogP contribution in [0.25, 0.3) is 0 Å². The van der Waals surface area contributed by atoms with E-state index >= 15 is 0 Å². The van der Waals surface area contributed by atoms with Crippen molar-refractivity contribution in [2.75, 3.05) is 13.7 Å². The SMILES string of the molecule is CCC(=O)C(C)C(=O)OCCC(C)OC. The van der Waals surface area contributed by atoms with Crippen molar-refractivity contribution in [2.24, 2.45) is 5.92 Å². The Bertz CT molecular complexity index is 213. The zero-order valence-corrected chi connectivity index (χ0v) is 9.91. The molecule has 4 heteroatoms. The van der Waals surface area contributed by atoms with Gasteiger partial charge in [-0.15, -0.1) is 0 Å². The monoisotopic (exact) mass is 216 g/mol. The van der Waals surface area contributed by atoms with E-state index in [-0.39, 0.29) is 11.9 Å². The van der Waals surface area contributed by atoms with Gasteiger partial charge in [0.2, 0.25) is 0 Å². The number of hydrogen-bond donors (Lipinski definition) is 0. The molecule has 2 atom stereocenters. The first-order valence-electron chi connectivity index (χ1n) is 5.25. The van der Waals surface area contributed by atoms with Gasteiger partial charge in [0.25, 0.3) is 0 Å². The maximum absolute atomic E-state index is 11.3. The van der Waals surface area contributed by atoms with E-state index in [1.54, 1.807) is 21.0 Å². The fourth-order valence-corrected chi connectivity index (χ4v) is 1.01. The lowest BCUT2D eigenvalue weighted by Crippen LogP contribution is -2.24. The summed E-state index contributed by atoms with van der Waals surface area (Å²) in [5.74, 6) is -1.17. The number of hydrogen-bond acceptors (Lipinski definition) is 4. The predicted octanol–water partition coefficient (Wildman–Crippen LogP) is 1.57. The van der Waals surface area contributed by atoms with Crippen LogP contribution in [-0.2, 0) is 19.1 Å². The molecule has 0 heterocycles. The third-order valence-electron chi connectivity index (χ3n) is 2.36. The number of carbonyl (C=O) groups is 2. The minimum Gasteiger partial charge on any atom is -0.465 e. The molecule has 0 aliphatic rings. The van der Waals surface area contributed by atoms with Crippen molar-refractivity contribution < 1.29 is 19.1 Å². The Kier molecular flexibility index (Phi) is 6.96. The van der Waals surface area contributed by atoms with Crippen LogP contribution in [0.3, 0.4) is 0 Å². The number of carbonyl (C=O) groups excluding carboxylic acids is 2. The molecule has 0 saturated carbocycles. The van der Waals surface area contributed by atoms with Crippen LogP contribution in [0.5, 0.6) is 0 Å². The average molecular weight is 216 g/mol. The zero-order valence-electron chi connectivity index (χ0n) is 9.91. The van der Waals surface area contributed by atoms with Crippen molar-refractivity contribution >= 4 is 11.8 Å². The van der Waals surface area contributed by atoms with E-state index in [1.807, 2.05) is 6.92 Å². The fraction of sp³-hybridized carbons (Fsp3) is 0.818. The highest BCUT2D eigenvalue weighted by Gasteiger charge is 2.21. The Morgan fingerprint density at radius 1 is 1.27 bits per heavy atom. The summed E-state index contributed by atoms with van der Waals surface area (Å²) in [6.45, 7) is 5.51. The van der Waals surface area contributed by atoms with Crippen molar-refractivity contribution in [3.63, 3.8) is 0 Å². The molecule has 0 N–H and O–H groups in total. The highest BCUT2D eigenvalue weighted by molar-refractivity contribution is 5.98. The second kappa shape index (κ2) is 7.40. The first-order chi connectivity index (χ1) is 7.02. The summed E-state index contributed by atoms with van der Waals surface area (Å²) in [6.07, 6.45) is 1.08. The van der Waals surface area contributed by atoms with Gasteiger partial charge >= 0.3 is 5.97 Å². The van der Waals surface area contributed by atoms with Crippen LogP contribution in [0.2, 0.25) is 0 Å². The summed E-state index contributed by atoms with van der Waals surface area (Å²) in [5, 5.41) is 0. The lowest BCUT2D eigenvalue weighted by molar-refractivity contribution is -0.151. The standard InChI is InChI=1S/C11H20O4/c1-5-10(12)9(3)11(13)15-7-6-8(2)14-4/h8-9H,5-7H2,1-4H3. The first-order valence-corrected chi connectivity index (χ1v) is 5.25. The van der Waals surface area contributed by atoms with Crippen LogP contribution in [-0.4, -0.2) is 31.6 Å². The maximum atomic E-state index is 11.3. The van der Waals surface area contributed by atoms with Crippen LogP contribution >= 0.6 is 0 Å². The van der Waals surface area contributed by atoms with Crippen molar-refractivity contribution in [3.8, 4) is 0 Å². The molecule has 0 spiro atoms. The van der Waals surface area contributed by atoms with Crippen molar-refractivity contribution in [3.05, 3.63) is 0 Å². The summed E-state index contributed by atoms with van der Waals surface area (Å²) in [7, 11) is 1.61. The molecule has 4 nitrogen and oxygen atoms in total. The molecule has 0 saturated heterocycles. The predicted molar refractivity (Wildman–Crippen MR) is 56.5 cm³/mol. The second-order valence-electron chi connectivity index (χ2n) is 3.54. The van der Waals surface area contributed by atoms with Gasteiger partial charge in [-0.3, -0.25) is 9.59 Å². The molecule has 0 rings (SSSR count). The smallest absolute Gasteiger partial charge is 0.316 e. The van der Waals surface area contributed by atoms with Crippen LogP contribution in [0.4, 0.5) is 0 Å². The van der Waals surface area contributed by atoms with E-state index < -0.39 is 11.9 Å². The third kappa shape index (κ3) is 5.52. The van der Waals surface area contributed by atoms with Crippen LogP contribution < -0.4 is 0 Å². The molecule has 2 unspecified atom stereocenters. The Morgan fingerprint density at radius 2 is 1.87 bits per heavy atom. The van der Waals surface area contributed by atoms with Crippen LogP contribution in [0.15, 0.2) is 0 Å². The van der Waals surface area contributed by atoms with E-state index in [2.05, 4.69) is 0 Å². The molecular weight excluding hydrogens is 196 g/mol. The molecule has 0 aromatic heterocycles. The zero-order chi connectivity index (χ0) is 11.8. The molecule has 15 heavy (non-hydrogen) atoms. The van der Waals surface area contributed by atoms with E-state index in [0.717, 1.165) is 0 Å². The molecule has 0 bridgehead atoms. The van der Waals surface area contributed by atoms with E-state index in [9.17, 15) is 9.59 Å². The molecule has 0 amide bonds. The Morgan fingerprint density at radius 3 is 2.33 bits per heavy atom. The number of Topliss-reactive ketones (excluding diaryl/α,β-unsaturated/α-hetero) is 1. The van der Waals surface area contributed by atoms with Gasteiger partial charge < -0.3 is 9.47 Å². The molecular formula is C11H20O4. The lowest BCUT2D eigenvalue weighted by atomic mass is 10.1. The van der Waals surface area contributed by atoms with Crippen molar-refractivity contribution in [1.29, 1.82) is 0 Å². The molecule has 0 radical (unpaired) electrons. The van der Waals surface area contributed by atoms with Gasteiger partial charge in [-0.05, 0) is 13.8 Å². The van der Waals surface area contributed by atoms with Gasteiger partial charge in [0.05, 0.1) is 12.7 Å². The van der Waals surface area contributed by atoms with E-state index in [0.29, 0.717) is 19.4 Å². The Balaban J connectivity index is 3.79. The number of ether oxygens (including phenoxy) is 2. The summed E-state index contributed by atoms with van der Waals surface area (Å²) in [4.78, 5) is 22.5.